The average Bonchev–Trinajstić information content (AvgIpc) is 3.11. The minimum absolute atomic E-state index is 0.569. The number of aromatic nitrogens is 2. The molecule has 0 spiro atoms. The number of nitrogens with zero attached hydrogens (tertiary/aromatic N) is 2. The largest absolute Gasteiger partial charge is 0.478 e. The molecule has 4 rings (SSSR count). The van der Waals surface area contributed by atoms with Gasteiger partial charge in [0.15, 0.2) is 5.60 Å². The number of hydrogen-bond acceptors (Lipinski definition) is 3. The highest BCUT2D eigenvalue weighted by atomic mass is 16.5. The molecule has 3 aromatic rings. The molecule has 0 aliphatic heterocycles. The lowest BCUT2D eigenvalue weighted by Gasteiger charge is -2.20. The first-order valence-corrected chi connectivity index (χ1v) is 8.47. The van der Waals surface area contributed by atoms with E-state index in [0.717, 1.165) is 30.3 Å². The summed E-state index contributed by atoms with van der Waals surface area (Å²) in [6.07, 6.45) is 11.0. The van der Waals surface area contributed by atoms with E-state index in [1.165, 1.54) is 16.5 Å². The van der Waals surface area contributed by atoms with E-state index in [4.69, 9.17) is 4.74 Å². The number of pyridine rings is 1. The number of hydrogen-bond donors (Lipinski definition) is 1. The van der Waals surface area contributed by atoms with Gasteiger partial charge in [0.25, 0.3) is 0 Å². The van der Waals surface area contributed by atoms with Gasteiger partial charge >= 0.3 is 5.97 Å². The van der Waals surface area contributed by atoms with E-state index in [1.54, 1.807) is 26.2 Å². The van der Waals surface area contributed by atoms with Crippen molar-refractivity contribution in [3.05, 3.63) is 47.7 Å². The van der Waals surface area contributed by atoms with Crippen LogP contribution < -0.4 is 10.1 Å². The van der Waals surface area contributed by atoms with Crippen LogP contribution in [0.25, 0.3) is 22.7 Å². The standard InChI is InChI=1S/C20H20N2O3/c1-20(2,19(23)24)25-14-11-17-18(13-7-9-21-10-8-13)15-5-3-4-6-16(15)22(17)12-14/h6-12H,3-5H2,1-2H3,(H,23,24). The lowest BCUT2D eigenvalue weighted by molar-refractivity contribution is -0.152. The van der Waals surface area contributed by atoms with Crippen LogP contribution in [0.3, 0.4) is 0 Å². The highest BCUT2D eigenvalue weighted by molar-refractivity contribution is 5.86. The van der Waals surface area contributed by atoms with Gasteiger partial charge in [-0.2, -0.15) is 0 Å². The van der Waals surface area contributed by atoms with Crippen molar-refractivity contribution in [1.29, 1.82) is 0 Å². The molecule has 0 saturated heterocycles. The maximum atomic E-state index is 11.4. The number of ether oxygens (including phenoxy) is 1. The third-order valence-electron chi connectivity index (χ3n) is 4.75. The maximum absolute atomic E-state index is 11.4. The Hall–Kier alpha value is -2.82. The van der Waals surface area contributed by atoms with E-state index in [-0.39, 0.29) is 0 Å². The van der Waals surface area contributed by atoms with Crippen LogP contribution in [0.2, 0.25) is 0 Å². The highest BCUT2D eigenvalue weighted by Gasteiger charge is 2.30. The van der Waals surface area contributed by atoms with Gasteiger partial charge in [-0.3, -0.25) is 4.98 Å². The van der Waals surface area contributed by atoms with Gasteiger partial charge in [0, 0.05) is 29.4 Å². The molecule has 1 N–H and O–H groups in total. The third-order valence-corrected chi connectivity index (χ3v) is 4.75. The van der Waals surface area contributed by atoms with Gasteiger partial charge in [0.2, 0.25) is 0 Å². The molecule has 128 valence electrons. The summed E-state index contributed by atoms with van der Waals surface area (Å²) in [6.45, 7) is 3.12. The van der Waals surface area contributed by atoms with Crippen LogP contribution in [-0.4, -0.2) is 26.1 Å². The van der Waals surface area contributed by atoms with Crippen molar-refractivity contribution in [3.8, 4) is 16.9 Å². The van der Waals surface area contributed by atoms with E-state index in [9.17, 15) is 9.90 Å². The Balaban J connectivity index is 1.91. The summed E-state index contributed by atoms with van der Waals surface area (Å²) in [5.74, 6) is -0.416. The molecule has 25 heavy (non-hydrogen) atoms. The Morgan fingerprint density at radius 3 is 2.80 bits per heavy atom. The maximum Gasteiger partial charge on any atom is 0.347 e. The fourth-order valence-corrected chi connectivity index (χ4v) is 3.49. The Labute approximate surface area is 145 Å². The average molecular weight is 336 g/mol. The minimum atomic E-state index is -1.27. The van der Waals surface area contributed by atoms with Gasteiger partial charge < -0.3 is 14.2 Å². The summed E-state index contributed by atoms with van der Waals surface area (Å²) in [5.41, 5.74) is 3.43. The van der Waals surface area contributed by atoms with Crippen LogP contribution in [0.15, 0.2) is 36.8 Å². The number of aliphatic carboxylic acids is 1. The molecule has 1 aliphatic rings. The highest BCUT2D eigenvalue weighted by Crippen LogP contribution is 2.33. The van der Waals surface area contributed by atoms with Crippen molar-refractivity contribution in [1.82, 2.24) is 9.38 Å². The summed E-state index contributed by atoms with van der Waals surface area (Å²) in [6, 6.07) is 5.96. The van der Waals surface area contributed by atoms with Crippen LogP contribution in [0.1, 0.15) is 32.3 Å². The molecular formula is C20H20N2O3. The molecule has 0 saturated carbocycles. The first-order valence-electron chi connectivity index (χ1n) is 8.47. The first-order chi connectivity index (χ1) is 12.0. The lowest BCUT2D eigenvalue weighted by atomic mass is 9.96. The van der Waals surface area contributed by atoms with Crippen molar-refractivity contribution < 1.29 is 14.6 Å². The molecule has 0 unspecified atom stereocenters. The second kappa shape index (κ2) is 5.62. The molecule has 0 fully saturated rings. The van der Waals surface area contributed by atoms with Crippen LogP contribution in [-0.2, 0) is 11.2 Å². The van der Waals surface area contributed by atoms with Gasteiger partial charge in [-0.25, -0.2) is 4.79 Å². The first kappa shape index (κ1) is 15.7. The predicted octanol–water partition coefficient (Wildman–Crippen LogP) is 3.08. The summed E-state index contributed by atoms with van der Waals surface area (Å²) in [5, 5.41) is 10.5. The quantitative estimate of drug-likeness (QED) is 0.795. The molecule has 3 aromatic heterocycles. The number of rotatable bonds is 4. The van der Waals surface area contributed by atoms with E-state index in [2.05, 4.69) is 15.5 Å². The monoisotopic (exact) mass is 336 g/mol. The molecule has 5 nitrogen and oxygen atoms in total. The fourth-order valence-electron chi connectivity index (χ4n) is 3.49. The van der Waals surface area contributed by atoms with E-state index in [1.807, 2.05) is 24.4 Å². The van der Waals surface area contributed by atoms with Gasteiger partial charge in [-0.15, -0.1) is 0 Å². The molecule has 0 atom stereocenters. The van der Waals surface area contributed by atoms with E-state index < -0.39 is 11.6 Å². The van der Waals surface area contributed by atoms with Crippen molar-refractivity contribution in [2.45, 2.75) is 38.7 Å². The van der Waals surface area contributed by atoms with Gasteiger partial charge in [0.05, 0.1) is 11.7 Å². The summed E-state index contributed by atoms with van der Waals surface area (Å²) >= 11 is 0. The van der Waals surface area contributed by atoms with Crippen LogP contribution in [0.4, 0.5) is 0 Å². The SMILES string of the molecule is CC(C)(Oc1cc2c(-c3ccncc3)c3c(n2c1)=CCCC3)C(=O)O. The van der Waals surface area contributed by atoms with Crippen molar-refractivity contribution in [2.75, 3.05) is 0 Å². The zero-order valence-electron chi connectivity index (χ0n) is 14.3. The number of carboxylic acids is 1. The Bertz CT molecular complexity index is 1000. The molecule has 0 amide bonds. The second-order valence-corrected chi connectivity index (χ2v) is 6.92. The van der Waals surface area contributed by atoms with Gasteiger partial charge in [-0.05, 0) is 56.4 Å². The van der Waals surface area contributed by atoms with Crippen LogP contribution in [0.5, 0.6) is 5.75 Å². The number of carbonyl (C=O) groups is 1. The minimum Gasteiger partial charge on any atom is -0.478 e. The van der Waals surface area contributed by atoms with E-state index in [0.29, 0.717) is 5.75 Å². The fraction of sp³-hybridized carbons (Fsp3) is 0.300. The Kier molecular flexibility index (Phi) is 3.53. The van der Waals surface area contributed by atoms with Crippen molar-refractivity contribution in [3.63, 3.8) is 0 Å². The normalized spacial score (nSPS) is 14.2. The van der Waals surface area contributed by atoms with Crippen LogP contribution >= 0.6 is 0 Å². The molecule has 0 radical (unpaired) electrons. The second-order valence-electron chi connectivity index (χ2n) is 6.92. The molecule has 0 aromatic carbocycles. The summed E-state index contributed by atoms with van der Waals surface area (Å²) in [4.78, 5) is 15.5. The van der Waals surface area contributed by atoms with E-state index >= 15 is 0 Å². The lowest BCUT2D eigenvalue weighted by Crippen LogP contribution is -2.37. The van der Waals surface area contributed by atoms with Gasteiger partial charge in [0.1, 0.15) is 5.75 Å². The Morgan fingerprint density at radius 2 is 2.08 bits per heavy atom. The third kappa shape index (κ3) is 2.56. The molecule has 5 heteroatoms. The molecule has 1 aliphatic carbocycles. The topological polar surface area (TPSA) is 63.8 Å². The molecular weight excluding hydrogens is 316 g/mol. The zero-order chi connectivity index (χ0) is 17.6. The molecule has 3 heterocycles. The predicted molar refractivity (Wildman–Crippen MR) is 95.6 cm³/mol. The molecule has 0 bridgehead atoms. The summed E-state index contributed by atoms with van der Waals surface area (Å²) in [7, 11) is 0. The van der Waals surface area contributed by atoms with Crippen LogP contribution in [0, 0.1) is 0 Å². The number of carboxylic acid groups (broad SMARTS) is 1. The zero-order valence-corrected chi connectivity index (χ0v) is 14.3. The van der Waals surface area contributed by atoms with Crippen molar-refractivity contribution in [2.24, 2.45) is 0 Å². The Morgan fingerprint density at radius 1 is 1.32 bits per heavy atom. The smallest absolute Gasteiger partial charge is 0.347 e. The van der Waals surface area contributed by atoms with Crippen molar-refractivity contribution >= 4 is 17.6 Å². The van der Waals surface area contributed by atoms with Gasteiger partial charge in [-0.1, -0.05) is 6.08 Å². The number of fused-ring (bicyclic) bond motifs is 3. The summed E-state index contributed by atoms with van der Waals surface area (Å²) < 4.78 is 7.86.